The number of hydrogen-bond acceptors (Lipinski definition) is 5. The molecule has 0 atom stereocenters. The molecular formula is C12H19N3O2S. The van der Waals surface area contributed by atoms with Gasteiger partial charge in [0, 0.05) is 19.1 Å². The first kappa shape index (κ1) is 13.3. The zero-order valence-corrected chi connectivity index (χ0v) is 11.6. The van der Waals surface area contributed by atoms with Crippen molar-refractivity contribution in [3.8, 4) is 0 Å². The van der Waals surface area contributed by atoms with Crippen LogP contribution >= 0.6 is 11.3 Å². The number of carboxylic acids is 1. The summed E-state index contributed by atoms with van der Waals surface area (Å²) in [5.41, 5.74) is 0.707. The minimum absolute atomic E-state index is 0.392. The Morgan fingerprint density at radius 1 is 1.56 bits per heavy atom. The average Bonchev–Trinajstić information content (AvgIpc) is 2.83. The first-order valence-electron chi connectivity index (χ1n) is 6.31. The molecule has 2 heterocycles. The van der Waals surface area contributed by atoms with Crippen LogP contribution in [0.5, 0.6) is 0 Å². The Kier molecular flexibility index (Phi) is 4.19. The zero-order chi connectivity index (χ0) is 13.1. The molecular weight excluding hydrogens is 250 g/mol. The molecule has 1 aliphatic heterocycles. The van der Waals surface area contributed by atoms with E-state index in [1.807, 2.05) is 14.0 Å². The Hall–Kier alpha value is -1.14. The summed E-state index contributed by atoms with van der Waals surface area (Å²) >= 11 is 1.30. The quantitative estimate of drug-likeness (QED) is 0.869. The number of anilines is 1. The van der Waals surface area contributed by atoms with Crippen molar-refractivity contribution in [3.63, 3.8) is 0 Å². The van der Waals surface area contributed by atoms with Gasteiger partial charge < -0.3 is 15.3 Å². The molecule has 6 heteroatoms. The third-order valence-electron chi connectivity index (χ3n) is 3.39. The first-order chi connectivity index (χ1) is 8.65. The van der Waals surface area contributed by atoms with Crippen LogP contribution in [0.1, 0.15) is 35.1 Å². The molecule has 0 unspecified atom stereocenters. The molecule has 1 aromatic heterocycles. The number of hydrogen-bond donors (Lipinski definition) is 2. The number of rotatable bonds is 4. The van der Waals surface area contributed by atoms with Crippen LogP contribution in [-0.4, -0.2) is 42.2 Å². The van der Waals surface area contributed by atoms with Gasteiger partial charge in [-0.05, 0) is 26.3 Å². The molecule has 0 spiro atoms. The monoisotopic (exact) mass is 269 g/mol. The second kappa shape index (κ2) is 5.67. The highest BCUT2D eigenvalue weighted by Gasteiger charge is 2.23. The van der Waals surface area contributed by atoms with Gasteiger partial charge in [-0.1, -0.05) is 18.3 Å². The summed E-state index contributed by atoms with van der Waals surface area (Å²) in [7, 11) is 1.99. The number of aromatic carboxylic acids is 1. The maximum Gasteiger partial charge on any atom is 0.347 e. The second-order valence-corrected chi connectivity index (χ2v) is 5.46. The van der Waals surface area contributed by atoms with E-state index >= 15 is 0 Å². The van der Waals surface area contributed by atoms with Gasteiger partial charge >= 0.3 is 5.97 Å². The van der Waals surface area contributed by atoms with Gasteiger partial charge in [-0.25, -0.2) is 9.78 Å². The molecule has 1 aromatic rings. The Labute approximate surface area is 111 Å². The summed E-state index contributed by atoms with van der Waals surface area (Å²) in [5, 5.41) is 13.3. The van der Waals surface area contributed by atoms with E-state index in [1.165, 1.54) is 11.3 Å². The number of aromatic nitrogens is 1. The topological polar surface area (TPSA) is 65.5 Å². The molecule has 5 nitrogen and oxygen atoms in total. The maximum absolute atomic E-state index is 11.1. The smallest absolute Gasteiger partial charge is 0.347 e. The molecule has 1 aliphatic rings. The SMILES string of the molecule is CCc1nc(N2CCC(NC)CC2)sc1C(=O)O. The third-order valence-corrected chi connectivity index (χ3v) is 4.54. The van der Waals surface area contributed by atoms with Gasteiger partial charge in [0.15, 0.2) is 5.13 Å². The predicted molar refractivity (Wildman–Crippen MR) is 72.7 cm³/mol. The fourth-order valence-electron chi connectivity index (χ4n) is 2.24. The van der Waals surface area contributed by atoms with Crippen molar-refractivity contribution in [2.24, 2.45) is 0 Å². The fraction of sp³-hybridized carbons (Fsp3) is 0.667. The largest absolute Gasteiger partial charge is 0.477 e. The van der Waals surface area contributed by atoms with Gasteiger partial charge in [-0.15, -0.1) is 0 Å². The molecule has 0 saturated carbocycles. The summed E-state index contributed by atoms with van der Waals surface area (Å²) in [6, 6.07) is 0.575. The normalized spacial score (nSPS) is 17.1. The van der Waals surface area contributed by atoms with E-state index in [0.717, 1.165) is 31.1 Å². The van der Waals surface area contributed by atoms with Crippen molar-refractivity contribution in [3.05, 3.63) is 10.6 Å². The molecule has 0 aliphatic carbocycles. The van der Waals surface area contributed by atoms with Crippen molar-refractivity contribution in [1.29, 1.82) is 0 Å². The van der Waals surface area contributed by atoms with E-state index in [9.17, 15) is 4.79 Å². The van der Waals surface area contributed by atoms with Crippen LogP contribution in [0, 0.1) is 0 Å². The fourth-order valence-corrected chi connectivity index (χ4v) is 3.29. The lowest BCUT2D eigenvalue weighted by atomic mass is 10.1. The molecule has 0 aromatic carbocycles. The molecule has 0 radical (unpaired) electrons. The minimum atomic E-state index is -0.860. The number of carboxylic acid groups (broad SMARTS) is 1. The summed E-state index contributed by atoms with van der Waals surface area (Å²) < 4.78 is 0. The number of nitrogens with one attached hydrogen (secondary N) is 1. The van der Waals surface area contributed by atoms with Crippen molar-refractivity contribution >= 4 is 22.4 Å². The lowest BCUT2D eigenvalue weighted by Crippen LogP contribution is -2.41. The van der Waals surface area contributed by atoms with E-state index in [-0.39, 0.29) is 0 Å². The number of aryl methyl sites for hydroxylation is 1. The van der Waals surface area contributed by atoms with Crippen LogP contribution in [0.25, 0.3) is 0 Å². The van der Waals surface area contributed by atoms with Crippen molar-refractivity contribution in [2.45, 2.75) is 32.2 Å². The Balaban J connectivity index is 2.12. The van der Waals surface area contributed by atoms with Crippen LogP contribution in [0.4, 0.5) is 5.13 Å². The Morgan fingerprint density at radius 3 is 2.67 bits per heavy atom. The third kappa shape index (κ3) is 2.64. The number of piperidine rings is 1. The van der Waals surface area contributed by atoms with E-state index in [0.29, 0.717) is 23.0 Å². The Morgan fingerprint density at radius 2 is 2.22 bits per heavy atom. The number of nitrogens with zero attached hydrogens (tertiary/aromatic N) is 2. The van der Waals surface area contributed by atoms with E-state index in [1.54, 1.807) is 0 Å². The van der Waals surface area contributed by atoms with Crippen LogP contribution < -0.4 is 10.2 Å². The van der Waals surface area contributed by atoms with Gasteiger partial charge in [0.05, 0.1) is 5.69 Å². The van der Waals surface area contributed by atoms with Gasteiger partial charge in [0.2, 0.25) is 0 Å². The van der Waals surface area contributed by atoms with Crippen molar-refractivity contribution in [1.82, 2.24) is 10.3 Å². The minimum Gasteiger partial charge on any atom is -0.477 e. The lowest BCUT2D eigenvalue weighted by molar-refractivity contribution is 0.0701. The van der Waals surface area contributed by atoms with Gasteiger partial charge in [-0.3, -0.25) is 0 Å². The van der Waals surface area contributed by atoms with Gasteiger partial charge in [0.1, 0.15) is 4.88 Å². The molecule has 100 valence electrons. The summed E-state index contributed by atoms with van der Waals surface area (Å²) in [6.07, 6.45) is 2.84. The van der Waals surface area contributed by atoms with Gasteiger partial charge in [-0.2, -0.15) is 0 Å². The maximum atomic E-state index is 11.1. The molecule has 1 saturated heterocycles. The highest BCUT2D eigenvalue weighted by Crippen LogP contribution is 2.28. The molecule has 0 amide bonds. The summed E-state index contributed by atoms with van der Waals surface area (Å²) in [6.45, 7) is 3.83. The summed E-state index contributed by atoms with van der Waals surface area (Å²) in [5.74, 6) is -0.860. The standard InChI is InChI=1S/C12H19N3O2S/c1-3-9-10(11(16)17)18-12(14-9)15-6-4-8(13-2)5-7-15/h8,13H,3-7H2,1-2H3,(H,16,17). The Bertz CT molecular complexity index is 425. The molecule has 18 heavy (non-hydrogen) atoms. The van der Waals surface area contributed by atoms with Crippen LogP contribution in [0.15, 0.2) is 0 Å². The van der Waals surface area contributed by atoms with Gasteiger partial charge in [0.25, 0.3) is 0 Å². The first-order valence-corrected chi connectivity index (χ1v) is 7.12. The zero-order valence-electron chi connectivity index (χ0n) is 10.8. The van der Waals surface area contributed by atoms with Crippen LogP contribution in [0.3, 0.4) is 0 Å². The van der Waals surface area contributed by atoms with Crippen LogP contribution in [0.2, 0.25) is 0 Å². The average molecular weight is 269 g/mol. The van der Waals surface area contributed by atoms with Crippen molar-refractivity contribution < 1.29 is 9.90 Å². The number of thiazole rings is 1. The molecule has 2 N–H and O–H groups in total. The van der Waals surface area contributed by atoms with E-state index in [4.69, 9.17) is 5.11 Å². The van der Waals surface area contributed by atoms with Crippen molar-refractivity contribution in [2.75, 3.05) is 25.0 Å². The highest BCUT2D eigenvalue weighted by molar-refractivity contribution is 7.17. The predicted octanol–water partition coefficient (Wildman–Crippen LogP) is 1.59. The lowest BCUT2D eigenvalue weighted by Gasteiger charge is -2.31. The molecule has 0 bridgehead atoms. The van der Waals surface area contributed by atoms with Crippen LogP contribution in [-0.2, 0) is 6.42 Å². The second-order valence-electron chi connectivity index (χ2n) is 4.48. The molecule has 1 fully saturated rings. The summed E-state index contributed by atoms with van der Waals surface area (Å²) in [4.78, 5) is 18.2. The molecule has 2 rings (SSSR count). The number of carbonyl (C=O) groups is 1. The highest BCUT2D eigenvalue weighted by atomic mass is 32.1. The van der Waals surface area contributed by atoms with E-state index in [2.05, 4.69) is 15.2 Å². The van der Waals surface area contributed by atoms with E-state index < -0.39 is 5.97 Å².